The molecule has 1 aliphatic heterocycles. The van der Waals surface area contributed by atoms with Gasteiger partial charge in [-0.3, -0.25) is 4.98 Å². The Morgan fingerprint density at radius 2 is 1.60 bits per heavy atom. The van der Waals surface area contributed by atoms with E-state index < -0.39 is 0 Å². The highest BCUT2D eigenvalue weighted by atomic mass is 35.5. The molecule has 3 heteroatoms. The second kappa shape index (κ2) is 15.1. The number of piperidine rings is 1. The Balaban J connectivity index is 0.00000154. The lowest BCUT2D eigenvalue weighted by molar-refractivity contribution is 0.284. The topological polar surface area (TPSA) is 16.1 Å². The Morgan fingerprint density at radius 3 is 2.07 bits per heavy atom. The molecule has 0 amide bonds. The first-order chi connectivity index (χ1) is 13.8. The normalized spacial score (nSPS) is 15.8. The van der Waals surface area contributed by atoms with Crippen LogP contribution in [-0.4, -0.2) is 23.0 Å². The van der Waals surface area contributed by atoms with Gasteiger partial charge in [0.25, 0.3) is 0 Å². The molecule has 0 unspecified atom stereocenters. The van der Waals surface area contributed by atoms with E-state index in [4.69, 9.17) is 0 Å². The number of allylic oxidation sites excluding steroid dienone is 7. The fourth-order valence-electron chi connectivity index (χ4n) is 3.49. The lowest BCUT2D eigenvalue weighted by Crippen LogP contribution is -2.28. The van der Waals surface area contributed by atoms with Crippen LogP contribution in [0.3, 0.4) is 0 Å². The van der Waals surface area contributed by atoms with E-state index in [-0.39, 0.29) is 12.4 Å². The zero-order chi connectivity index (χ0) is 21.8. The summed E-state index contributed by atoms with van der Waals surface area (Å²) in [6.07, 6.45) is 10.4. The summed E-state index contributed by atoms with van der Waals surface area (Å²) in [6, 6.07) is 6.17. The number of hydrogen-bond acceptors (Lipinski definition) is 2. The van der Waals surface area contributed by atoms with Crippen LogP contribution >= 0.6 is 12.4 Å². The van der Waals surface area contributed by atoms with Gasteiger partial charge in [0.15, 0.2) is 0 Å². The number of aromatic nitrogens is 1. The van der Waals surface area contributed by atoms with Crippen LogP contribution in [0.15, 0.2) is 65.0 Å². The molecule has 2 nitrogen and oxygen atoms in total. The summed E-state index contributed by atoms with van der Waals surface area (Å²) in [6.45, 7) is 21.2. The van der Waals surface area contributed by atoms with Crippen molar-refractivity contribution in [2.75, 3.05) is 13.1 Å². The van der Waals surface area contributed by atoms with E-state index in [0.717, 1.165) is 18.5 Å². The number of nitrogens with zero attached hydrogens (tertiary/aromatic N) is 2. The molecule has 1 aromatic rings. The van der Waals surface area contributed by atoms with Crippen molar-refractivity contribution in [1.29, 1.82) is 0 Å². The van der Waals surface area contributed by atoms with Gasteiger partial charge in [0.1, 0.15) is 0 Å². The van der Waals surface area contributed by atoms with E-state index >= 15 is 0 Å². The summed E-state index contributed by atoms with van der Waals surface area (Å²) in [7, 11) is 0. The molecule has 1 fully saturated rings. The van der Waals surface area contributed by atoms with Crippen LogP contribution in [-0.2, 0) is 0 Å². The number of hydrogen-bond donors (Lipinski definition) is 0. The lowest BCUT2D eigenvalue weighted by Gasteiger charge is -2.31. The zero-order valence-electron chi connectivity index (χ0n) is 20.3. The maximum absolute atomic E-state index is 4.56. The summed E-state index contributed by atoms with van der Waals surface area (Å²) < 4.78 is 0. The van der Waals surface area contributed by atoms with Crippen LogP contribution < -0.4 is 0 Å². The van der Waals surface area contributed by atoms with Crippen molar-refractivity contribution in [2.45, 2.75) is 80.6 Å². The van der Waals surface area contributed by atoms with Crippen LogP contribution in [0.1, 0.15) is 86.3 Å². The fourth-order valence-corrected chi connectivity index (χ4v) is 3.49. The second-order valence-corrected chi connectivity index (χ2v) is 8.25. The SMILES string of the molecule is C=C(C)C.CCC(C)=C(/C=C(\CC)c1ccccn1)/C(C)=C(\C)N1CCCCC1.Cl. The molecule has 0 atom stereocenters. The molecular formula is C27H43ClN2. The molecular weight excluding hydrogens is 388 g/mol. The van der Waals surface area contributed by atoms with E-state index in [2.05, 4.69) is 69.3 Å². The molecule has 0 aromatic carbocycles. The predicted octanol–water partition coefficient (Wildman–Crippen LogP) is 8.39. The average molecular weight is 431 g/mol. The average Bonchev–Trinajstić information content (AvgIpc) is 2.74. The highest BCUT2D eigenvalue weighted by Gasteiger charge is 2.15. The van der Waals surface area contributed by atoms with Crippen molar-refractivity contribution in [1.82, 2.24) is 9.88 Å². The molecule has 1 aromatic heterocycles. The van der Waals surface area contributed by atoms with Crippen LogP contribution in [0.2, 0.25) is 0 Å². The quantitative estimate of drug-likeness (QED) is 0.332. The standard InChI is InChI=1S/C23H34N2.C4H8.ClH/c1-6-18(3)22(17-21(7-2)23-13-9-10-14-24-23)19(4)20(5)25-15-11-8-12-16-25;1-4(2)3;/h9-10,13-14,17H,6-8,11-12,15-16H2,1-5H3;1H2,2-3H3;1H/b20-19+,21-17+,22-18?;;. The summed E-state index contributed by atoms with van der Waals surface area (Å²) in [5.74, 6) is 0. The monoisotopic (exact) mass is 430 g/mol. The van der Waals surface area contributed by atoms with Gasteiger partial charge in [0.2, 0.25) is 0 Å². The van der Waals surface area contributed by atoms with Crippen LogP contribution in [0.4, 0.5) is 0 Å². The number of pyridine rings is 1. The first-order valence-electron chi connectivity index (χ1n) is 11.2. The summed E-state index contributed by atoms with van der Waals surface area (Å²) in [5.41, 5.74) is 9.28. The van der Waals surface area contributed by atoms with Gasteiger partial charge in [-0.05, 0) is 102 Å². The zero-order valence-corrected chi connectivity index (χ0v) is 21.2. The fraction of sp³-hybridized carbons (Fsp3) is 0.519. The Labute approximate surface area is 192 Å². The minimum atomic E-state index is 0. The first kappa shape index (κ1) is 28.2. The van der Waals surface area contributed by atoms with Crippen molar-refractivity contribution in [3.8, 4) is 0 Å². The molecule has 2 rings (SSSR count). The molecule has 2 heterocycles. The summed E-state index contributed by atoms with van der Waals surface area (Å²) in [4.78, 5) is 7.14. The third-order valence-corrected chi connectivity index (χ3v) is 5.46. The van der Waals surface area contributed by atoms with Crippen molar-refractivity contribution < 1.29 is 0 Å². The van der Waals surface area contributed by atoms with Gasteiger partial charge in [0, 0.05) is 25.0 Å². The highest BCUT2D eigenvalue weighted by molar-refractivity contribution is 5.85. The van der Waals surface area contributed by atoms with Gasteiger partial charge in [-0.1, -0.05) is 31.1 Å². The molecule has 1 saturated heterocycles. The Bertz CT molecular complexity index is 731. The maximum Gasteiger partial charge on any atom is 0.0661 e. The molecule has 0 aliphatic carbocycles. The highest BCUT2D eigenvalue weighted by Crippen LogP contribution is 2.28. The van der Waals surface area contributed by atoms with Gasteiger partial charge in [-0.25, -0.2) is 0 Å². The molecule has 0 bridgehead atoms. The minimum Gasteiger partial charge on any atom is -0.375 e. The van der Waals surface area contributed by atoms with Crippen molar-refractivity contribution in [3.05, 3.63) is 70.7 Å². The van der Waals surface area contributed by atoms with Crippen molar-refractivity contribution in [2.24, 2.45) is 0 Å². The Kier molecular flexibility index (Phi) is 14.2. The van der Waals surface area contributed by atoms with Crippen molar-refractivity contribution in [3.63, 3.8) is 0 Å². The van der Waals surface area contributed by atoms with Gasteiger partial charge in [0.05, 0.1) is 5.69 Å². The Hall–Kier alpha value is -1.80. The predicted molar refractivity (Wildman–Crippen MR) is 137 cm³/mol. The third kappa shape index (κ3) is 9.34. The first-order valence-corrected chi connectivity index (χ1v) is 11.2. The smallest absolute Gasteiger partial charge is 0.0661 e. The molecule has 0 saturated carbocycles. The molecule has 168 valence electrons. The summed E-state index contributed by atoms with van der Waals surface area (Å²) >= 11 is 0. The van der Waals surface area contributed by atoms with Gasteiger partial charge in [-0.15, -0.1) is 19.0 Å². The van der Waals surface area contributed by atoms with Gasteiger partial charge >= 0.3 is 0 Å². The minimum absolute atomic E-state index is 0. The van der Waals surface area contributed by atoms with E-state index in [9.17, 15) is 0 Å². The largest absolute Gasteiger partial charge is 0.375 e. The van der Waals surface area contributed by atoms with Crippen LogP contribution in [0.5, 0.6) is 0 Å². The van der Waals surface area contributed by atoms with Crippen molar-refractivity contribution >= 4 is 18.0 Å². The third-order valence-electron chi connectivity index (χ3n) is 5.46. The van der Waals surface area contributed by atoms with Gasteiger partial charge < -0.3 is 4.90 Å². The van der Waals surface area contributed by atoms with Crippen LogP contribution in [0.25, 0.3) is 5.57 Å². The van der Waals surface area contributed by atoms with Gasteiger partial charge in [-0.2, -0.15) is 0 Å². The summed E-state index contributed by atoms with van der Waals surface area (Å²) in [5, 5.41) is 0. The molecule has 0 radical (unpaired) electrons. The molecule has 30 heavy (non-hydrogen) atoms. The van der Waals surface area contributed by atoms with E-state index in [0.29, 0.717) is 0 Å². The van der Waals surface area contributed by atoms with Crippen LogP contribution in [0, 0.1) is 0 Å². The second-order valence-electron chi connectivity index (χ2n) is 8.25. The molecule has 0 spiro atoms. The van der Waals surface area contributed by atoms with E-state index in [1.165, 1.54) is 65.9 Å². The Morgan fingerprint density at radius 1 is 1.00 bits per heavy atom. The van der Waals surface area contributed by atoms with E-state index in [1.54, 1.807) is 0 Å². The molecule has 0 N–H and O–H groups in total. The van der Waals surface area contributed by atoms with E-state index in [1.807, 2.05) is 26.1 Å². The number of halogens is 1. The maximum atomic E-state index is 4.56. The number of rotatable bonds is 6. The lowest BCUT2D eigenvalue weighted by atomic mass is 9.94. The molecule has 1 aliphatic rings. The number of likely N-dealkylation sites (tertiary alicyclic amines) is 1.